The van der Waals surface area contributed by atoms with Gasteiger partial charge in [0.2, 0.25) is 0 Å². The molecule has 0 spiro atoms. The molecule has 0 bridgehead atoms. The van der Waals surface area contributed by atoms with Crippen molar-refractivity contribution >= 4 is 109 Å². The topological polar surface area (TPSA) is 71.3 Å². The lowest BCUT2D eigenvalue weighted by Crippen LogP contribution is -2.03. The van der Waals surface area contributed by atoms with Crippen LogP contribution >= 0.6 is 0 Å². The van der Waals surface area contributed by atoms with Gasteiger partial charge in [-0.1, -0.05) is 218 Å². The number of fused-ring (bicyclic) bond motifs is 16. The van der Waals surface area contributed by atoms with Crippen LogP contribution in [0.25, 0.3) is 166 Å². The number of nitrogens with zero attached hydrogens (tertiary/aromatic N) is 8. The number of rotatable bonds is 7. The Kier molecular flexibility index (Phi) is 11.7. The van der Waals surface area contributed by atoms with Gasteiger partial charge in [0, 0.05) is 65.6 Å². The normalized spacial score (nSPS) is 11.8. The average molecular weight is 1150 g/mol. The third-order valence-electron chi connectivity index (χ3n) is 17.8. The van der Waals surface area contributed by atoms with Crippen LogP contribution in [0.3, 0.4) is 0 Å². The molecule has 6 heterocycles. The summed E-state index contributed by atoms with van der Waals surface area (Å²) in [6.07, 6.45) is 0. The van der Waals surface area contributed by atoms with E-state index in [4.69, 9.17) is 19.9 Å². The third-order valence-corrected chi connectivity index (χ3v) is 17.8. The second-order valence-electron chi connectivity index (χ2n) is 22.9. The van der Waals surface area contributed by atoms with Gasteiger partial charge in [-0.05, 0) is 108 Å². The number of hydrogen-bond donors (Lipinski definition) is 0. The van der Waals surface area contributed by atoms with Crippen molar-refractivity contribution in [1.82, 2.24) is 38.2 Å². The number of hydrogen-bond acceptors (Lipinski definition) is 4. The van der Waals surface area contributed by atoms with Gasteiger partial charge in [0.15, 0.2) is 11.6 Å². The molecule has 0 aliphatic rings. The van der Waals surface area contributed by atoms with E-state index in [1.54, 1.807) is 0 Å². The second-order valence-corrected chi connectivity index (χ2v) is 22.9. The average Bonchev–Trinajstić information content (AvgIpc) is 1.56. The largest absolute Gasteiger partial charge is 0.309 e. The second kappa shape index (κ2) is 20.7. The molecular formula is C82H52N8. The maximum absolute atomic E-state index is 5.32. The van der Waals surface area contributed by atoms with Crippen molar-refractivity contribution in [2.24, 2.45) is 0 Å². The Labute approximate surface area is 516 Å². The molecule has 0 saturated heterocycles. The minimum absolute atomic E-state index is 0.825. The summed E-state index contributed by atoms with van der Waals surface area (Å²) < 4.78 is 9.39. The van der Waals surface area contributed by atoms with E-state index in [2.05, 4.69) is 273 Å². The van der Waals surface area contributed by atoms with Gasteiger partial charge in [-0.3, -0.25) is 9.13 Å². The van der Waals surface area contributed by atoms with E-state index in [1.807, 2.05) is 60.7 Å². The summed E-state index contributed by atoms with van der Waals surface area (Å²) in [6, 6.07) is 111. The predicted octanol–water partition coefficient (Wildman–Crippen LogP) is 20.6. The highest BCUT2D eigenvalue weighted by atomic mass is 15.1. The van der Waals surface area contributed by atoms with Gasteiger partial charge >= 0.3 is 0 Å². The van der Waals surface area contributed by atoms with E-state index in [0.29, 0.717) is 0 Å². The molecule has 0 unspecified atom stereocenters. The third kappa shape index (κ3) is 8.02. The summed E-state index contributed by atoms with van der Waals surface area (Å²) >= 11 is 0. The van der Waals surface area contributed by atoms with Crippen molar-refractivity contribution in [3.63, 3.8) is 0 Å². The zero-order valence-electron chi connectivity index (χ0n) is 48.6. The number of benzene rings is 13. The van der Waals surface area contributed by atoms with Crippen LogP contribution in [0.1, 0.15) is 0 Å². The molecule has 0 aliphatic carbocycles. The fourth-order valence-electron chi connectivity index (χ4n) is 13.9. The Morgan fingerprint density at radius 1 is 0.178 bits per heavy atom. The van der Waals surface area contributed by atoms with Crippen LogP contribution in [0.5, 0.6) is 0 Å². The fraction of sp³-hybridized carbons (Fsp3) is 0. The molecule has 0 amide bonds. The molecule has 13 aromatic carbocycles. The highest BCUT2D eigenvalue weighted by molar-refractivity contribution is 6.30. The van der Waals surface area contributed by atoms with Crippen LogP contribution in [-0.4, -0.2) is 38.2 Å². The summed E-state index contributed by atoms with van der Waals surface area (Å²) in [5.74, 6) is 1.66. The van der Waals surface area contributed by atoms with Crippen LogP contribution in [0.2, 0.25) is 0 Å². The molecule has 0 N–H and O–H groups in total. The highest BCUT2D eigenvalue weighted by Crippen LogP contribution is 2.46. The van der Waals surface area contributed by atoms with Crippen LogP contribution in [0.15, 0.2) is 315 Å². The molecule has 19 rings (SSSR count). The minimum atomic E-state index is 0.825. The molecule has 0 aliphatic heterocycles. The zero-order valence-corrected chi connectivity index (χ0v) is 48.6. The fourth-order valence-corrected chi connectivity index (χ4v) is 13.9. The van der Waals surface area contributed by atoms with E-state index in [0.717, 1.165) is 89.7 Å². The smallest absolute Gasteiger partial charge is 0.165 e. The van der Waals surface area contributed by atoms with E-state index in [-0.39, 0.29) is 0 Å². The van der Waals surface area contributed by atoms with Crippen molar-refractivity contribution in [3.05, 3.63) is 315 Å². The van der Waals surface area contributed by atoms with Crippen molar-refractivity contribution in [2.75, 3.05) is 0 Å². The van der Waals surface area contributed by atoms with E-state index >= 15 is 0 Å². The maximum Gasteiger partial charge on any atom is 0.165 e. The monoisotopic (exact) mass is 1150 g/mol. The van der Waals surface area contributed by atoms with Crippen LogP contribution in [0, 0.1) is 0 Å². The summed E-state index contributed by atoms with van der Waals surface area (Å²) in [6.45, 7) is 0. The first-order valence-corrected chi connectivity index (χ1v) is 30.5. The van der Waals surface area contributed by atoms with Gasteiger partial charge in [-0.2, -0.15) is 0 Å². The Bertz CT molecular complexity index is 6000. The lowest BCUT2D eigenvalue weighted by atomic mass is 10.1. The van der Waals surface area contributed by atoms with Gasteiger partial charge in [-0.25, -0.2) is 19.9 Å². The van der Waals surface area contributed by atoms with Gasteiger partial charge in [0.25, 0.3) is 0 Å². The molecular weight excluding hydrogens is 1100 g/mol. The van der Waals surface area contributed by atoms with Crippen LogP contribution in [-0.2, 0) is 0 Å². The van der Waals surface area contributed by atoms with Gasteiger partial charge in [0.05, 0.1) is 66.2 Å². The SMILES string of the molecule is c1ccc(-c2ccc(-n3c4ccccc4c4c5c6ccccc6n(-c6nc7ccccc7nc6-c6ccccc6)c5ccc43)cc2)cc1.c1ccc(-c2nc3ccccc3nc2-n2c3ccccc3c3c4c5ccccc5n(-c5ccccc5)c4ccc32)cc1. The molecule has 0 atom stereocenters. The highest BCUT2D eigenvalue weighted by Gasteiger charge is 2.26. The molecule has 8 heteroatoms. The molecule has 420 valence electrons. The molecule has 8 nitrogen and oxygen atoms in total. The number of aromatic nitrogens is 8. The van der Waals surface area contributed by atoms with E-state index in [9.17, 15) is 0 Å². The quantitative estimate of drug-likeness (QED) is 0.159. The Hall–Kier alpha value is -12.3. The van der Waals surface area contributed by atoms with Gasteiger partial charge in [-0.15, -0.1) is 0 Å². The molecule has 6 aromatic heterocycles. The lowest BCUT2D eigenvalue weighted by Gasteiger charge is -2.14. The summed E-state index contributed by atoms with van der Waals surface area (Å²) in [4.78, 5) is 21.0. The predicted molar refractivity (Wildman–Crippen MR) is 373 cm³/mol. The molecule has 19 aromatic rings. The lowest BCUT2D eigenvalue weighted by molar-refractivity contribution is 1.08. The zero-order chi connectivity index (χ0) is 59.2. The Morgan fingerprint density at radius 3 is 0.822 bits per heavy atom. The summed E-state index contributed by atoms with van der Waals surface area (Å²) in [5.41, 5.74) is 21.2. The minimum Gasteiger partial charge on any atom is -0.309 e. The van der Waals surface area contributed by atoms with Crippen LogP contribution < -0.4 is 0 Å². The van der Waals surface area contributed by atoms with E-state index < -0.39 is 0 Å². The first-order chi connectivity index (χ1) is 44.7. The van der Waals surface area contributed by atoms with Crippen molar-refractivity contribution < 1.29 is 0 Å². The maximum atomic E-state index is 5.32. The van der Waals surface area contributed by atoms with Crippen molar-refractivity contribution in [1.29, 1.82) is 0 Å². The van der Waals surface area contributed by atoms with Crippen molar-refractivity contribution in [2.45, 2.75) is 0 Å². The van der Waals surface area contributed by atoms with Gasteiger partial charge < -0.3 is 9.13 Å². The number of para-hydroxylation sites is 9. The van der Waals surface area contributed by atoms with Crippen LogP contribution in [0.4, 0.5) is 0 Å². The Balaban J connectivity index is 0.000000135. The standard InChI is InChI=1S/C44H28N4.C38H24N4/c1-3-13-29(14-4-1)30-23-25-32(26-24-30)47-37-21-11-7-17-33(37)41-39(47)27-28-40-42(41)34-18-8-12-22-38(34)48(40)44-43(31-15-5-2-6-16-31)45-35-19-9-10-20-36(35)46-44;1-3-13-25(14-4-1)37-38(40-30-20-10-9-19-29(30)39-37)42-32-22-12-8-18-28(32)36-34(42)24-23-33-35(36)27-17-7-11-21-31(27)41(33)26-15-5-2-6-16-26/h1-28H;1-24H. The molecule has 0 saturated carbocycles. The first-order valence-electron chi connectivity index (χ1n) is 30.5. The molecule has 90 heavy (non-hydrogen) atoms. The summed E-state index contributed by atoms with van der Waals surface area (Å²) in [5, 5.41) is 9.77. The van der Waals surface area contributed by atoms with Gasteiger partial charge in [0.1, 0.15) is 11.4 Å². The molecule has 0 fully saturated rings. The Morgan fingerprint density at radius 2 is 0.444 bits per heavy atom. The first kappa shape index (κ1) is 51.0. The van der Waals surface area contributed by atoms with E-state index in [1.165, 1.54) is 76.3 Å². The molecule has 0 radical (unpaired) electrons. The summed E-state index contributed by atoms with van der Waals surface area (Å²) in [7, 11) is 0. The van der Waals surface area contributed by atoms with Crippen molar-refractivity contribution in [3.8, 4) is 56.7 Å².